The minimum Gasteiger partial charge on any atom is -0.354 e. The normalized spacial score (nSPS) is 15.0. The van der Waals surface area contributed by atoms with E-state index in [-0.39, 0.29) is 22.6 Å². The summed E-state index contributed by atoms with van der Waals surface area (Å²) in [6.07, 6.45) is -1.68. The highest BCUT2D eigenvalue weighted by Gasteiger charge is 2.32. The van der Waals surface area contributed by atoms with Gasteiger partial charge >= 0.3 is 6.18 Å². The van der Waals surface area contributed by atoms with Crippen LogP contribution >= 0.6 is 11.6 Å². The van der Waals surface area contributed by atoms with E-state index in [1.807, 2.05) is 0 Å². The van der Waals surface area contributed by atoms with Gasteiger partial charge < -0.3 is 9.80 Å². The van der Waals surface area contributed by atoms with Crippen molar-refractivity contribution in [2.24, 2.45) is 0 Å². The Hall–Kier alpha value is -3.14. The van der Waals surface area contributed by atoms with Crippen LogP contribution in [0.15, 0.2) is 42.7 Å². The summed E-state index contributed by atoms with van der Waals surface area (Å²) in [6.45, 7) is 3.44. The van der Waals surface area contributed by atoms with Crippen LogP contribution in [0.1, 0.15) is 28.0 Å². The van der Waals surface area contributed by atoms with Crippen molar-refractivity contribution >= 4 is 23.3 Å². The molecule has 33 heavy (non-hydrogen) atoms. The lowest BCUT2D eigenvalue weighted by molar-refractivity contribution is -0.137. The third-order valence-electron chi connectivity index (χ3n) is 5.54. The zero-order valence-corrected chi connectivity index (χ0v) is 18.4. The average Bonchev–Trinajstić information content (AvgIpc) is 2.99. The molecule has 1 amide bonds. The summed E-state index contributed by atoms with van der Waals surface area (Å²) in [5.41, 5.74) is 0.785. The molecule has 6 nitrogen and oxygen atoms in total. The lowest BCUT2D eigenvalue weighted by atomic mass is 10.2. The molecule has 174 valence electrons. The first-order valence-electron chi connectivity index (χ1n) is 10.2. The smallest absolute Gasteiger partial charge is 0.354 e. The van der Waals surface area contributed by atoms with Gasteiger partial charge in [-0.05, 0) is 43.7 Å². The Morgan fingerprint density at radius 1 is 1.06 bits per heavy atom. The van der Waals surface area contributed by atoms with Crippen molar-refractivity contribution in [2.45, 2.75) is 19.5 Å². The monoisotopic (exact) mass is 481 g/mol. The number of alkyl halides is 3. The lowest BCUT2D eigenvalue weighted by Gasteiger charge is -2.24. The van der Waals surface area contributed by atoms with Gasteiger partial charge in [-0.3, -0.25) is 4.79 Å². The highest BCUT2D eigenvalue weighted by Crippen LogP contribution is 2.33. The number of carbonyl (C=O) groups excluding carboxylic acids is 1. The molecule has 0 bridgehead atoms. The van der Waals surface area contributed by atoms with Crippen LogP contribution in [0.5, 0.6) is 0 Å². The Labute approximate surface area is 192 Å². The average molecular weight is 482 g/mol. The molecule has 0 aliphatic carbocycles. The fraction of sp³-hybridized carbons (Fsp3) is 0.318. The van der Waals surface area contributed by atoms with E-state index in [0.29, 0.717) is 49.5 Å². The van der Waals surface area contributed by atoms with E-state index in [1.54, 1.807) is 33.5 Å². The number of hydrogen-bond donors (Lipinski definition) is 0. The van der Waals surface area contributed by atoms with E-state index < -0.39 is 11.7 Å². The Morgan fingerprint density at radius 3 is 2.45 bits per heavy atom. The molecule has 1 aliphatic rings. The van der Waals surface area contributed by atoms with Crippen LogP contribution in [-0.2, 0) is 6.18 Å². The molecule has 0 N–H and O–H groups in total. The number of carbonyl (C=O) groups is 1. The molecule has 1 fully saturated rings. The zero-order chi connectivity index (χ0) is 23.8. The Kier molecular flexibility index (Phi) is 6.29. The molecule has 1 aromatic carbocycles. The molecule has 1 saturated heterocycles. The van der Waals surface area contributed by atoms with E-state index in [1.165, 1.54) is 18.3 Å². The number of nitrogens with zero attached hydrogens (tertiary/aromatic N) is 5. The highest BCUT2D eigenvalue weighted by atomic mass is 35.5. The molecule has 0 unspecified atom stereocenters. The molecule has 11 heteroatoms. The standard InChI is InChI=1S/C22H20ClF4N5O/c1-14-18(13-29-32(14)17-5-3-16(24)4-6-17)21(33)31-8-2-7-30(9-10-31)20-19(23)11-15(12-28-20)22(25,26)27/h3-6,11-13H,2,7-10H2,1H3. The summed E-state index contributed by atoms with van der Waals surface area (Å²) in [7, 11) is 0. The number of anilines is 1. The summed E-state index contributed by atoms with van der Waals surface area (Å²) >= 11 is 6.09. The van der Waals surface area contributed by atoms with Crippen molar-refractivity contribution in [3.63, 3.8) is 0 Å². The maximum absolute atomic E-state index is 13.2. The van der Waals surface area contributed by atoms with Gasteiger partial charge in [-0.1, -0.05) is 11.6 Å². The third kappa shape index (κ3) is 4.80. The predicted molar refractivity (Wildman–Crippen MR) is 115 cm³/mol. The molecular formula is C22H20ClF4N5O. The van der Waals surface area contributed by atoms with Crippen LogP contribution in [0.4, 0.5) is 23.4 Å². The molecule has 0 saturated carbocycles. The molecule has 0 atom stereocenters. The second-order valence-corrected chi connectivity index (χ2v) is 8.10. The minimum absolute atomic E-state index is 0.0824. The Morgan fingerprint density at radius 2 is 1.79 bits per heavy atom. The minimum atomic E-state index is -4.52. The van der Waals surface area contributed by atoms with Crippen molar-refractivity contribution in [1.29, 1.82) is 0 Å². The van der Waals surface area contributed by atoms with Crippen LogP contribution in [0.2, 0.25) is 5.02 Å². The highest BCUT2D eigenvalue weighted by molar-refractivity contribution is 6.33. The molecule has 3 aromatic rings. The second-order valence-electron chi connectivity index (χ2n) is 7.69. The summed E-state index contributed by atoms with van der Waals surface area (Å²) in [4.78, 5) is 20.6. The molecule has 3 heterocycles. The van der Waals surface area contributed by atoms with E-state index in [0.717, 1.165) is 12.3 Å². The van der Waals surface area contributed by atoms with Gasteiger partial charge in [-0.25, -0.2) is 14.1 Å². The van der Waals surface area contributed by atoms with E-state index in [9.17, 15) is 22.4 Å². The summed E-state index contributed by atoms with van der Waals surface area (Å²) < 4.78 is 53.4. The van der Waals surface area contributed by atoms with Gasteiger partial charge in [0.15, 0.2) is 0 Å². The van der Waals surface area contributed by atoms with Gasteiger partial charge in [0.2, 0.25) is 0 Å². The van der Waals surface area contributed by atoms with Crippen LogP contribution in [0.25, 0.3) is 5.69 Å². The van der Waals surface area contributed by atoms with Crippen LogP contribution in [0.3, 0.4) is 0 Å². The Balaban J connectivity index is 1.48. The molecule has 0 radical (unpaired) electrons. The molecular weight excluding hydrogens is 462 g/mol. The van der Waals surface area contributed by atoms with Crippen molar-refractivity contribution in [1.82, 2.24) is 19.7 Å². The first-order valence-corrected chi connectivity index (χ1v) is 10.6. The number of hydrogen-bond acceptors (Lipinski definition) is 4. The Bertz CT molecular complexity index is 1160. The quantitative estimate of drug-likeness (QED) is 0.507. The SMILES string of the molecule is Cc1c(C(=O)N2CCCN(c3ncc(C(F)(F)F)cc3Cl)CC2)cnn1-c1ccc(F)cc1. The maximum atomic E-state index is 13.2. The summed E-state index contributed by atoms with van der Waals surface area (Å²) in [5.74, 6) is -0.301. The van der Waals surface area contributed by atoms with E-state index in [2.05, 4.69) is 10.1 Å². The summed E-state index contributed by atoms with van der Waals surface area (Å²) in [6, 6.07) is 6.66. The van der Waals surface area contributed by atoms with Crippen molar-refractivity contribution < 1.29 is 22.4 Å². The van der Waals surface area contributed by atoms with Crippen molar-refractivity contribution in [2.75, 3.05) is 31.1 Å². The predicted octanol–water partition coefficient (Wildman–Crippen LogP) is 4.74. The number of rotatable bonds is 3. The fourth-order valence-corrected chi connectivity index (χ4v) is 4.07. The van der Waals surface area contributed by atoms with Crippen LogP contribution in [-0.4, -0.2) is 51.8 Å². The third-order valence-corrected chi connectivity index (χ3v) is 5.82. The number of aromatic nitrogens is 3. The van der Waals surface area contributed by atoms with E-state index in [4.69, 9.17) is 11.6 Å². The maximum Gasteiger partial charge on any atom is 0.417 e. The number of amides is 1. The van der Waals surface area contributed by atoms with Crippen LogP contribution in [0, 0.1) is 12.7 Å². The van der Waals surface area contributed by atoms with Gasteiger partial charge in [-0.15, -0.1) is 0 Å². The number of halogens is 5. The molecule has 4 rings (SSSR count). The topological polar surface area (TPSA) is 54.3 Å². The van der Waals surface area contributed by atoms with Gasteiger partial charge in [0.25, 0.3) is 5.91 Å². The second kappa shape index (κ2) is 9.01. The van der Waals surface area contributed by atoms with Crippen molar-refractivity contribution in [3.05, 3.63) is 70.4 Å². The van der Waals surface area contributed by atoms with Gasteiger partial charge in [-0.2, -0.15) is 18.3 Å². The first kappa shape index (κ1) is 23.0. The van der Waals surface area contributed by atoms with Crippen LogP contribution < -0.4 is 4.90 Å². The van der Waals surface area contributed by atoms with Crippen molar-refractivity contribution in [3.8, 4) is 5.69 Å². The number of pyridine rings is 1. The fourth-order valence-electron chi connectivity index (χ4n) is 3.78. The van der Waals surface area contributed by atoms with Gasteiger partial charge in [0, 0.05) is 32.4 Å². The largest absolute Gasteiger partial charge is 0.417 e. The molecule has 2 aromatic heterocycles. The first-order chi connectivity index (χ1) is 15.6. The summed E-state index contributed by atoms with van der Waals surface area (Å²) in [5, 5.41) is 4.19. The molecule has 1 aliphatic heterocycles. The molecule has 0 spiro atoms. The van der Waals surface area contributed by atoms with Gasteiger partial charge in [0.05, 0.1) is 33.7 Å². The van der Waals surface area contributed by atoms with E-state index >= 15 is 0 Å². The number of benzene rings is 1. The zero-order valence-electron chi connectivity index (χ0n) is 17.6. The lowest BCUT2D eigenvalue weighted by Crippen LogP contribution is -2.35. The van der Waals surface area contributed by atoms with Gasteiger partial charge in [0.1, 0.15) is 11.6 Å².